The Labute approximate surface area is 285 Å². The molecule has 264 valence electrons. The minimum atomic E-state index is -4.90. The summed E-state index contributed by atoms with van der Waals surface area (Å²) in [5, 5.41) is 23.3. The number of amides is 3. The highest BCUT2D eigenvalue weighted by Crippen LogP contribution is 2.33. The van der Waals surface area contributed by atoms with Crippen LogP contribution in [-0.2, 0) is 17.5 Å². The lowest BCUT2D eigenvalue weighted by atomic mass is 9.97. The highest BCUT2D eigenvalue weighted by Gasteiger charge is 2.36. The van der Waals surface area contributed by atoms with Gasteiger partial charge in [0, 0.05) is 18.3 Å². The molecule has 1 aliphatic rings. The largest absolute Gasteiger partial charge is 0.465 e. The number of carbonyl (C=O) groups is 3. The summed E-state index contributed by atoms with van der Waals surface area (Å²) in [4.78, 5) is 36.7. The van der Waals surface area contributed by atoms with Crippen LogP contribution in [0.3, 0.4) is 0 Å². The van der Waals surface area contributed by atoms with Crippen molar-refractivity contribution in [1.82, 2.24) is 20.4 Å². The first kappa shape index (κ1) is 35.9. The van der Waals surface area contributed by atoms with Gasteiger partial charge in [-0.1, -0.05) is 30.3 Å². The second-order valence-corrected chi connectivity index (χ2v) is 12.9. The molecule has 3 aromatic carbocycles. The second-order valence-electron chi connectivity index (χ2n) is 12.9. The number of nitrogens with one attached hydrogen (secondary N) is 4. The molecule has 50 heavy (non-hydrogen) atoms. The number of nitrogens with zero attached hydrogens (tertiary/aromatic N) is 2. The van der Waals surface area contributed by atoms with Crippen LogP contribution in [0, 0.1) is 11.7 Å². The van der Waals surface area contributed by atoms with Crippen molar-refractivity contribution < 1.29 is 41.8 Å². The van der Waals surface area contributed by atoms with Crippen molar-refractivity contribution in [2.75, 3.05) is 17.2 Å². The molecule has 11 nitrogen and oxygen atoms in total. The zero-order valence-corrected chi connectivity index (χ0v) is 27.4. The van der Waals surface area contributed by atoms with Gasteiger partial charge in [0.05, 0.1) is 17.4 Å². The van der Waals surface area contributed by atoms with Gasteiger partial charge in [-0.25, -0.2) is 18.7 Å². The lowest BCUT2D eigenvalue weighted by Crippen LogP contribution is -2.27. The summed E-state index contributed by atoms with van der Waals surface area (Å²) >= 11 is 0. The molecule has 0 bridgehead atoms. The van der Waals surface area contributed by atoms with E-state index in [1.54, 1.807) is 57.2 Å². The third-order valence-electron chi connectivity index (χ3n) is 7.60. The Bertz CT molecular complexity index is 1870. The molecule has 5 rings (SSSR count). The summed E-state index contributed by atoms with van der Waals surface area (Å²) in [6.07, 6.45) is -4.67. The van der Waals surface area contributed by atoms with E-state index in [1.165, 1.54) is 24.3 Å². The molecule has 1 atom stereocenters. The molecule has 1 fully saturated rings. The molecule has 1 aliphatic carbocycles. The van der Waals surface area contributed by atoms with Crippen molar-refractivity contribution in [3.63, 3.8) is 0 Å². The van der Waals surface area contributed by atoms with Crippen molar-refractivity contribution in [3.05, 3.63) is 107 Å². The number of anilines is 2. The number of carbonyl (C=O) groups excluding carboxylic acids is 2. The van der Waals surface area contributed by atoms with Gasteiger partial charge in [0.2, 0.25) is 0 Å². The molecule has 1 aromatic heterocycles. The molecular weight excluding hydrogens is 660 g/mol. The maximum atomic E-state index is 15.2. The third kappa shape index (κ3) is 9.59. The third-order valence-corrected chi connectivity index (χ3v) is 7.60. The molecule has 15 heteroatoms. The molecule has 0 aliphatic heterocycles. The van der Waals surface area contributed by atoms with Gasteiger partial charge in [-0.2, -0.15) is 18.3 Å². The zero-order valence-electron chi connectivity index (χ0n) is 27.4. The Morgan fingerprint density at radius 1 is 0.960 bits per heavy atom. The number of aromatic nitrogens is 2. The highest BCUT2D eigenvalue weighted by molar-refractivity contribution is 6.03. The van der Waals surface area contributed by atoms with Crippen LogP contribution in [0.5, 0.6) is 0 Å². The van der Waals surface area contributed by atoms with E-state index in [0.29, 0.717) is 35.3 Å². The second kappa shape index (κ2) is 14.6. The van der Waals surface area contributed by atoms with Crippen LogP contribution < -0.4 is 21.3 Å². The van der Waals surface area contributed by atoms with Crippen LogP contribution in [0.4, 0.5) is 38.5 Å². The number of ether oxygens (including phenoxy) is 1. The van der Waals surface area contributed by atoms with Crippen molar-refractivity contribution in [2.45, 2.75) is 58.0 Å². The minimum absolute atomic E-state index is 0.0542. The van der Waals surface area contributed by atoms with Gasteiger partial charge >= 0.3 is 18.4 Å². The first-order valence-corrected chi connectivity index (χ1v) is 15.7. The van der Waals surface area contributed by atoms with Gasteiger partial charge in [0.15, 0.2) is 5.69 Å². The molecule has 1 unspecified atom stereocenters. The van der Waals surface area contributed by atoms with E-state index in [0.717, 1.165) is 29.2 Å². The van der Waals surface area contributed by atoms with Crippen LogP contribution in [0.2, 0.25) is 0 Å². The lowest BCUT2D eigenvalue weighted by Gasteiger charge is -2.22. The molecule has 0 saturated heterocycles. The molecule has 5 N–H and O–H groups in total. The quantitative estimate of drug-likeness (QED) is 0.102. The lowest BCUT2D eigenvalue weighted by molar-refractivity contribution is -0.141. The topological polar surface area (TPSA) is 147 Å². The average Bonchev–Trinajstić information content (AvgIpc) is 3.74. The fourth-order valence-electron chi connectivity index (χ4n) is 5.07. The number of hydrogen-bond donors (Lipinski definition) is 5. The summed E-state index contributed by atoms with van der Waals surface area (Å²) in [5.41, 5.74) is -0.529. The van der Waals surface area contributed by atoms with E-state index in [9.17, 15) is 27.6 Å². The first-order chi connectivity index (χ1) is 23.6. The predicted molar refractivity (Wildman–Crippen MR) is 177 cm³/mol. The van der Waals surface area contributed by atoms with Crippen molar-refractivity contribution >= 4 is 29.5 Å². The van der Waals surface area contributed by atoms with Crippen LogP contribution in [0.25, 0.3) is 5.69 Å². The molecule has 0 radical (unpaired) electrons. The Hall–Kier alpha value is -5.44. The Morgan fingerprint density at radius 3 is 2.30 bits per heavy atom. The standard InChI is InChI=1S/C35H36F4N6O5/c1-34(2,3)50-33(49)42-24-12-9-22(10-13-24)30(40-18-20-7-8-20)23-11-14-26(36)27(16-23)43-31(46)28-17-29(35(37,38)39)44-45(28)25-6-4-5-21(15-25)19-41-32(47)48/h4-6,9-17,20,30,40-41H,7-8,18-19H2,1-3H3,(H,42,49)(H,43,46)(H,47,48). The van der Waals surface area contributed by atoms with Gasteiger partial charge in [-0.15, -0.1) is 0 Å². The fourth-order valence-corrected chi connectivity index (χ4v) is 5.07. The summed E-state index contributed by atoms with van der Waals surface area (Å²) in [6.45, 7) is 5.78. The number of carboxylic acid groups (broad SMARTS) is 1. The monoisotopic (exact) mass is 696 g/mol. The van der Waals surface area contributed by atoms with Gasteiger partial charge in [0.25, 0.3) is 5.91 Å². The van der Waals surface area contributed by atoms with E-state index >= 15 is 4.39 Å². The van der Waals surface area contributed by atoms with E-state index in [1.807, 2.05) is 0 Å². The van der Waals surface area contributed by atoms with Crippen molar-refractivity contribution in [3.8, 4) is 5.69 Å². The maximum Gasteiger partial charge on any atom is 0.435 e. The summed E-state index contributed by atoms with van der Waals surface area (Å²) in [5.74, 6) is -1.39. The molecular formula is C35H36F4N6O5. The summed E-state index contributed by atoms with van der Waals surface area (Å²) in [6, 6.07) is 17.0. The maximum absolute atomic E-state index is 15.2. The number of alkyl halides is 3. The first-order valence-electron chi connectivity index (χ1n) is 15.7. The van der Waals surface area contributed by atoms with Gasteiger partial charge in [-0.3, -0.25) is 10.1 Å². The van der Waals surface area contributed by atoms with Crippen molar-refractivity contribution in [1.29, 1.82) is 0 Å². The van der Waals surface area contributed by atoms with Gasteiger partial charge < -0.3 is 25.8 Å². The van der Waals surface area contributed by atoms with E-state index in [4.69, 9.17) is 9.84 Å². The van der Waals surface area contributed by atoms with Gasteiger partial charge in [-0.05, 0) is 99.2 Å². The van der Waals surface area contributed by atoms with E-state index in [-0.39, 0.29) is 17.9 Å². The van der Waals surface area contributed by atoms with Crippen LogP contribution >= 0.6 is 0 Å². The molecule has 4 aromatic rings. The van der Waals surface area contributed by atoms with Crippen LogP contribution in [0.15, 0.2) is 72.8 Å². The highest BCUT2D eigenvalue weighted by atomic mass is 19.4. The average molecular weight is 697 g/mol. The Morgan fingerprint density at radius 2 is 1.66 bits per heavy atom. The van der Waals surface area contributed by atoms with Crippen LogP contribution in [0.1, 0.15) is 72.5 Å². The number of halogens is 4. The molecule has 1 saturated carbocycles. The number of hydrogen-bond acceptors (Lipinski definition) is 6. The SMILES string of the molecule is CC(C)(C)OC(=O)Nc1ccc(C(NCC2CC2)c2ccc(F)c(NC(=O)c3cc(C(F)(F)F)nn3-c3cccc(CNC(=O)O)c3)c2)cc1. The number of benzene rings is 3. The van der Waals surface area contributed by atoms with Gasteiger partial charge in [0.1, 0.15) is 17.1 Å². The predicted octanol–water partition coefficient (Wildman–Crippen LogP) is 7.49. The molecule has 3 amide bonds. The molecule has 0 spiro atoms. The molecule has 1 heterocycles. The zero-order chi connectivity index (χ0) is 36.2. The fraction of sp³-hybridized carbons (Fsp3) is 0.314. The van der Waals surface area contributed by atoms with Crippen LogP contribution in [-0.4, -0.2) is 45.1 Å². The Kier molecular flexibility index (Phi) is 10.5. The normalized spacial score (nSPS) is 13.7. The Balaban J connectivity index is 1.42. The summed E-state index contributed by atoms with van der Waals surface area (Å²) < 4.78 is 62.5. The summed E-state index contributed by atoms with van der Waals surface area (Å²) in [7, 11) is 0. The minimum Gasteiger partial charge on any atom is -0.465 e. The van der Waals surface area contributed by atoms with E-state index < -0.39 is 53.1 Å². The van der Waals surface area contributed by atoms with E-state index in [2.05, 4.69) is 26.4 Å². The number of rotatable bonds is 11. The van der Waals surface area contributed by atoms with Crippen molar-refractivity contribution in [2.24, 2.45) is 5.92 Å². The smallest absolute Gasteiger partial charge is 0.435 e.